The number of hydrazine groups is 1. The third kappa shape index (κ3) is 3.44. The number of sulfone groups is 1. The highest BCUT2D eigenvalue weighted by atomic mass is 32.2. The zero-order chi connectivity index (χ0) is 15.9. The van der Waals surface area contributed by atoms with Crippen molar-refractivity contribution in [2.75, 3.05) is 11.5 Å². The minimum Gasteiger partial charge on any atom is -0.284 e. The maximum Gasteiger partial charge on any atom is 0.265 e. The second-order valence-electron chi connectivity index (χ2n) is 6.80. The summed E-state index contributed by atoms with van der Waals surface area (Å²) in [6.07, 6.45) is 0. The number of hydrogen-bond acceptors (Lipinski definition) is 4. The molecule has 0 radical (unpaired) electrons. The molecule has 0 unspecified atom stereocenters. The van der Waals surface area contributed by atoms with Crippen LogP contribution in [0.1, 0.15) is 38.1 Å². The van der Waals surface area contributed by atoms with Gasteiger partial charge in [-0.05, 0) is 39.8 Å². The summed E-state index contributed by atoms with van der Waals surface area (Å²) < 4.78 is 24.1. The molecule has 1 aromatic rings. The quantitative estimate of drug-likeness (QED) is 0.901. The number of benzene rings is 1. The van der Waals surface area contributed by atoms with Crippen LogP contribution in [-0.2, 0) is 9.84 Å². The molecular formula is C15H22N2O3S. The van der Waals surface area contributed by atoms with Gasteiger partial charge in [0.05, 0.1) is 11.5 Å². The Morgan fingerprint density at radius 3 is 2.00 bits per heavy atom. The second-order valence-corrected chi connectivity index (χ2v) is 8.86. The minimum atomic E-state index is -3.12. The van der Waals surface area contributed by atoms with Crippen molar-refractivity contribution in [3.05, 3.63) is 35.9 Å². The lowest BCUT2D eigenvalue weighted by atomic mass is 9.98. The molecule has 1 aliphatic heterocycles. The molecule has 0 spiro atoms. The molecule has 0 saturated carbocycles. The Morgan fingerprint density at radius 1 is 1.05 bits per heavy atom. The largest absolute Gasteiger partial charge is 0.284 e. The van der Waals surface area contributed by atoms with Crippen LogP contribution in [0, 0.1) is 0 Å². The fourth-order valence-electron chi connectivity index (χ4n) is 3.13. The number of amides is 1. The lowest BCUT2D eigenvalue weighted by Crippen LogP contribution is -2.70. The first-order valence-electron chi connectivity index (χ1n) is 6.90. The van der Waals surface area contributed by atoms with Gasteiger partial charge in [0.25, 0.3) is 5.91 Å². The van der Waals surface area contributed by atoms with Gasteiger partial charge in [-0.2, -0.15) is 0 Å². The maximum absolute atomic E-state index is 12.3. The van der Waals surface area contributed by atoms with Crippen molar-refractivity contribution in [3.63, 3.8) is 0 Å². The average Bonchev–Trinajstić information content (AvgIpc) is 2.32. The van der Waals surface area contributed by atoms with E-state index in [1.807, 2.05) is 33.8 Å². The van der Waals surface area contributed by atoms with Crippen LogP contribution in [0.3, 0.4) is 0 Å². The Hall–Kier alpha value is -1.40. The van der Waals surface area contributed by atoms with Crippen LogP contribution in [0.4, 0.5) is 0 Å². The summed E-state index contributed by atoms with van der Waals surface area (Å²) >= 11 is 0. The third-order valence-corrected chi connectivity index (χ3v) is 5.90. The number of carbonyl (C=O) groups excluding carboxylic acids is 1. The fraction of sp³-hybridized carbons (Fsp3) is 0.533. The normalized spacial score (nSPS) is 23.4. The number of nitrogens with zero attached hydrogens (tertiary/aromatic N) is 1. The molecule has 0 atom stereocenters. The molecule has 0 bridgehead atoms. The molecule has 1 fully saturated rings. The van der Waals surface area contributed by atoms with Crippen molar-refractivity contribution in [2.24, 2.45) is 0 Å². The van der Waals surface area contributed by atoms with Crippen LogP contribution in [-0.4, -0.2) is 41.9 Å². The van der Waals surface area contributed by atoms with E-state index in [1.165, 1.54) is 0 Å². The van der Waals surface area contributed by atoms with Crippen LogP contribution < -0.4 is 5.43 Å². The first-order valence-corrected chi connectivity index (χ1v) is 8.72. The third-order valence-electron chi connectivity index (χ3n) is 3.61. The summed E-state index contributed by atoms with van der Waals surface area (Å²) in [5, 5.41) is 1.77. The number of carbonyl (C=O) groups is 1. The van der Waals surface area contributed by atoms with E-state index >= 15 is 0 Å². The summed E-state index contributed by atoms with van der Waals surface area (Å²) in [5.74, 6) is -0.173. The molecule has 0 aliphatic carbocycles. The molecule has 1 saturated heterocycles. The highest BCUT2D eigenvalue weighted by Gasteiger charge is 2.48. The predicted molar refractivity (Wildman–Crippen MR) is 82.6 cm³/mol. The van der Waals surface area contributed by atoms with Crippen molar-refractivity contribution < 1.29 is 13.2 Å². The highest BCUT2D eigenvalue weighted by Crippen LogP contribution is 2.31. The maximum atomic E-state index is 12.3. The molecule has 2 rings (SSSR count). The average molecular weight is 310 g/mol. The highest BCUT2D eigenvalue weighted by molar-refractivity contribution is 7.91. The summed E-state index contributed by atoms with van der Waals surface area (Å²) in [6.45, 7) is 7.32. The van der Waals surface area contributed by atoms with Gasteiger partial charge in [-0.25, -0.2) is 13.4 Å². The van der Waals surface area contributed by atoms with Gasteiger partial charge >= 0.3 is 0 Å². The van der Waals surface area contributed by atoms with Gasteiger partial charge in [-0.1, -0.05) is 18.2 Å². The van der Waals surface area contributed by atoms with E-state index < -0.39 is 20.9 Å². The van der Waals surface area contributed by atoms with E-state index in [4.69, 9.17) is 0 Å². The van der Waals surface area contributed by atoms with Crippen molar-refractivity contribution >= 4 is 15.7 Å². The van der Waals surface area contributed by atoms with Gasteiger partial charge < -0.3 is 0 Å². The van der Waals surface area contributed by atoms with Crippen molar-refractivity contribution in [2.45, 2.75) is 38.8 Å². The van der Waals surface area contributed by atoms with Crippen LogP contribution >= 0.6 is 0 Å². The molecule has 21 heavy (non-hydrogen) atoms. The van der Waals surface area contributed by atoms with E-state index in [2.05, 4.69) is 5.43 Å². The van der Waals surface area contributed by atoms with Crippen molar-refractivity contribution in [3.8, 4) is 0 Å². The van der Waals surface area contributed by atoms with E-state index in [0.717, 1.165) is 0 Å². The number of nitrogens with one attached hydrogen (secondary N) is 1. The SMILES string of the molecule is CC1(C)CS(=O)(=O)CC(C)(C)N1NC(=O)c1ccccc1. The van der Waals surface area contributed by atoms with E-state index in [-0.39, 0.29) is 17.4 Å². The fourth-order valence-corrected chi connectivity index (χ4v) is 5.65. The standard InChI is InChI=1S/C15H22N2O3S/c1-14(2)10-21(19,20)11-15(3,4)17(14)16-13(18)12-8-6-5-7-9-12/h5-9H,10-11H2,1-4H3,(H,16,18). The molecule has 1 amide bonds. The summed E-state index contributed by atoms with van der Waals surface area (Å²) in [4.78, 5) is 12.3. The smallest absolute Gasteiger partial charge is 0.265 e. The van der Waals surface area contributed by atoms with Gasteiger partial charge in [0, 0.05) is 16.6 Å². The van der Waals surface area contributed by atoms with Crippen LogP contribution in [0.2, 0.25) is 0 Å². The van der Waals surface area contributed by atoms with Gasteiger partial charge in [0.2, 0.25) is 0 Å². The van der Waals surface area contributed by atoms with Crippen molar-refractivity contribution in [1.29, 1.82) is 0 Å². The monoisotopic (exact) mass is 310 g/mol. The Kier molecular flexibility index (Phi) is 3.88. The summed E-state index contributed by atoms with van der Waals surface area (Å²) in [6, 6.07) is 8.90. The van der Waals surface area contributed by atoms with E-state index in [0.29, 0.717) is 5.56 Å². The number of rotatable bonds is 2. The topological polar surface area (TPSA) is 66.5 Å². The Morgan fingerprint density at radius 2 is 1.52 bits per heavy atom. The molecule has 5 nitrogen and oxygen atoms in total. The Labute approximate surface area is 126 Å². The number of hydrogen-bond donors (Lipinski definition) is 1. The molecule has 1 aliphatic rings. The zero-order valence-electron chi connectivity index (χ0n) is 12.9. The molecular weight excluding hydrogens is 288 g/mol. The minimum absolute atomic E-state index is 0.0263. The van der Waals surface area contributed by atoms with Gasteiger partial charge in [-0.3, -0.25) is 10.2 Å². The van der Waals surface area contributed by atoms with E-state index in [1.54, 1.807) is 29.3 Å². The van der Waals surface area contributed by atoms with Crippen molar-refractivity contribution in [1.82, 2.24) is 10.4 Å². The van der Waals surface area contributed by atoms with Gasteiger partial charge in [0.15, 0.2) is 9.84 Å². The summed E-state index contributed by atoms with van der Waals surface area (Å²) in [5.41, 5.74) is 2.11. The molecule has 1 heterocycles. The molecule has 1 N–H and O–H groups in total. The molecule has 1 aromatic carbocycles. The lowest BCUT2D eigenvalue weighted by Gasteiger charge is -2.51. The second kappa shape index (κ2) is 5.10. The first-order chi connectivity index (χ1) is 9.54. The molecule has 6 heteroatoms. The van der Waals surface area contributed by atoms with Gasteiger partial charge in [-0.15, -0.1) is 0 Å². The molecule has 116 valence electrons. The summed E-state index contributed by atoms with van der Waals surface area (Å²) in [7, 11) is -3.12. The molecule has 0 aromatic heterocycles. The van der Waals surface area contributed by atoms with Crippen LogP contribution in [0.5, 0.6) is 0 Å². The lowest BCUT2D eigenvalue weighted by molar-refractivity contribution is -0.0133. The van der Waals surface area contributed by atoms with Gasteiger partial charge in [0.1, 0.15) is 0 Å². The Balaban J connectivity index is 2.28. The van der Waals surface area contributed by atoms with E-state index in [9.17, 15) is 13.2 Å². The van der Waals surface area contributed by atoms with Crippen LogP contribution in [0.25, 0.3) is 0 Å². The van der Waals surface area contributed by atoms with Crippen LogP contribution in [0.15, 0.2) is 30.3 Å². The zero-order valence-corrected chi connectivity index (χ0v) is 13.7. The Bertz CT molecular complexity index is 612. The predicted octanol–water partition coefficient (Wildman–Crippen LogP) is 1.62. The first kappa shape index (κ1) is 16.0.